The van der Waals surface area contributed by atoms with Gasteiger partial charge in [-0.1, -0.05) is 24.3 Å². The van der Waals surface area contributed by atoms with Gasteiger partial charge in [-0.15, -0.1) is 0 Å². The molecule has 0 saturated heterocycles. The number of benzene rings is 1. The fourth-order valence-corrected chi connectivity index (χ4v) is 1.98. The van der Waals surface area contributed by atoms with E-state index >= 15 is 0 Å². The molecule has 0 bridgehead atoms. The van der Waals surface area contributed by atoms with Crippen LogP contribution >= 0.6 is 0 Å². The van der Waals surface area contributed by atoms with Crippen LogP contribution in [0, 0.1) is 0 Å². The molecule has 72 valence electrons. The molecule has 14 heavy (non-hydrogen) atoms. The van der Waals surface area contributed by atoms with Crippen molar-refractivity contribution in [3.8, 4) is 0 Å². The second kappa shape index (κ2) is 3.66. The maximum atomic E-state index is 10.8. The molecule has 1 aromatic rings. The molecule has 0 aliphatic heterocycles. The number of hydrogen-bond donors (Lipinski definition) is 1. The predicted octanol–water partition coefficient (Wildman–Crippen LogP) is 1.89. The molecule has 2 heteroatoms. The first kappa shape index (κ1) is 9.00. The van der Waals surface area contributed by atoms with Crippen LogP contribution in [0.2, 0.25) is 0 Å². The standard InChI is InChI=1S/C12H13NO/c13-12(14)8-10-6-3-5-9-4-1-2-7-11(9)10/h1-2,4,7-8H,3,5-6H2,(H2,13,14)/b10-8-. The molecular weight excluding hydrogens is 174 g/mol. The summed E-state index contributed by atoms with van der Waals surface area (Å²) in [5, 5.41) is 0. The third kappa shape index (κ3) is 1.69. The Labute approximate surface area is 83.4 Å². The van der Waals surface area contributed by atoms with E-state index in [9.17, 15) is 4.79 Å². The fourth-order valence-electron chi connectivity index (χ4n) is 1.98. The van der Waals surface area contributed by atoms with Crippen LogP contribution in [0.25, 0.3) is 5.57 Å². The van der Waals surface area contributed by atoms with Gasteiger partial charge in [-0.2, -0.15) is 0 Å². The number of nitrogens with two attached hydrogens (primary N) is 1. The van der Waals surface area contributed by atoms with Gasteiger partial charge in [0, 0.05) is 6.08 Å². The van der Waals surface area contributed by atoms with E-state index in [-0.39, 0.29) is 5.91 Å². The lowest BCUT2D eigenvalue weighted by Crippen LogP contribution is -2.09. The Morgan fingerprint density at radius 2 is 2.07 bits per heavy atom. The van der Waals surface area contributed by atoms with Crippen LogP contribution in [-0.2, 0) is 11.2 Å². The van der Waals surface area contributed by atoms with Gasteiger partial charge in [0.05, 0.1) is 0 Å². The maximum absolute atomic E-state index is 10.8. The Morgan fingerprint density at radius 3 is 2.86 bits per heavy atom. The lowest BCUT2D eigenvalue weighted by atomic mass is 9.87. The van der Waals surface area contributed by atoms with E-state index < -0.39 is 0 Å². The number of amides is 1. The van der Waals surface area contributed by atoms with Crippen molar-refractivity contribution in [2.24, 2.45) is 5.73 Å². The highest BCUT2D eigenvalue weighted by Gasteiger charge is 2.13. The SMILES string of the molecule is NC(=O)/C=C1/CCCc2ccccc21. The van der Waals surface area contributed by atoms with Gasteiger partial charge in [-0.25, -0.2) is 0 Å². The first-order valence-corrected chi connectivity index (χ1v) is 4.85. The summed E-state index contributed by atoms with van der Waals surface area (Å²) in [6.45, 7) is 0. The molecule has 0 unspecified atom stereocenters. The van der Waals surface area contributed by atoms with Crippen LogP contribution in [0.4, 0.5) is 0 Å². The van der Waals surface area contributed by atoms with E-state index in [2.05, 4.69) is 12.1 Å². The van der Waals surface area contributed by atoms with Crippen molar-refractivity contribution in [2.75, 3.05) is 0 Å². The fraction of sp³-hybridized carbons (Fsp3) is 0.250. The Bertz CT molecular complexity index is 393. The van der Waals surface area contributed by atoms with Crippen molar-refractivity contribution in [3.05, 3.63) is 41.5 Å². The van der Waals surface area contributed by atoms with Gasteiger partial charge >= 0.3 is 0 Å². The number of carbonyl (C=O) groups excluding carboxylic acids is 1. The molecule has 0 atom stereocenters. The summed E-state index contributed by atoms with van der Waals surface area (Å²) >= 11 is 0. The second-order valence-electron chi connectivity index (χ2n) is 3.58. The largest absolute Gasteiger partial charge is 0.366 e. The highest BCUT2D eigenvalue weighted by atomic mass is 16.1. The number of rotatable bonds is 1. The summed E-state index contributed by atoms with van der Waals surface area (Å²) in [6, 6.07) is 8.21. The quantitative estimate of drug-likeness (QED) is 0.670. The normalized spacial score (nSPS) is 17.9. The van der Waals surface area contributed by atoms with Crippen LogP contribution in [0.15, 0.2) is 30.3 Å². The lowest BCUT2D eigenvalue weighted by molar-refractivity contribution is -0.113. The number of primary amides is 1. The minimum atomic E-state index is -0.350. The number of fused-ring (bicyclic) bond motifs is 1. The van der Waals surface area contributed by atoms with Crippen molar-refractivity contribution < 1.29 is 4.79 Å². The van der Waals surface area contributed by atoms with Crippen molar-refractivity contribution in [1.82, 2.24) is 0 Å². The third-order valence-electron chi connectivity index (χ3n) is 2.57. The summed E-state index contributed by atoms with van der Waals surface area (Å²) in [5.41, 5.74) is 8.77. The van der Waals surface area contributed by atoms with Gasteiger partial charge in [0.2, 0.25) is 5.91 Å². The second-order valence-corrected chi connectivity index (χ2v) is 3.58. The third-order valence-corrected chi connectivity index (χ3v) is 2.57. The van der Waals surface area contributed by atoms with Gasteiger partial charge in [0.15, 0.2) is 0 Å². The predicted molar refractivity (Wildman–Crippen MR) is 56.6 cm³/mol. The summed E-state index contributed by atoms with van der Waals surface area (Å²) in [4.78, 5) is 10.8. The molecule has 1 aliphatic rings. The Hall–Kier alpha value is -1.57. The first-order chi connectivity index (χ1) is 6.77. The van der Waals surface area contributed by atoms with Crippen molar-refractivity contribution in [2.45, 2.75) is 19.3 Å². The van der Waals surface area contributed by atoms with Crippen LogP contribution in [0.1, 0.15) is 24.0 Å². The Kier molecular flexibility index (Phi) is 2.35. The van der Waals surface area contributed by atoms with Crippen LogP contribution in [0.5, 0.6) is 0 Å². The van der Waals surface area contributed by atoms with E-state index in [1.165, 1.54) is 11.1 Å². The summed E-state index contributed by atoms with van der Waals surface area (Å²) in [7, 11) is 0. The maximum Gasteiger partial charge on any atom is 0.241 e. The number of carbonyl (C=O) groups is 1. The Morgan fingerprint density at radius 1 is 1.29 bits per heavy atom. The molecule has 0 spiro atoms. The van der Waals surface area contributed by atoms with Crippen LogP contribution < -0.4 is 5.73 Å². The minimum absolute atomic E-state index is 0.350. The van der Waals surface area contributed by atoms with E-state index in [1.807, 2.05) is 12.1 Å². The zero-order valence-corrected chi connectivity index (χ0v) is 7.99. The molecule has 2 N–H and O–H groups in total. The average Bonchev–Trinajstić information content (AvgIpc) is 2.18. The molecule has 1 amide bonds. The van der Waals surface area contributed by atoms with Gasteiger partial charge in [-0.05, 0) is 36.0 Å². The lowest BCUT2D eigenvalue weighted by Gasteiger charge is -2.18. The number of hydrogen-bond acceptors (Lipinski definition) is 1. The molecule has 0 radical (unpaired) electrons. The van der Waals surface area contributed by atoms with E-state index in [0.717, 1.165) is 24.8 Å². The topological polar surface area (TPSA) is 43.1 Å². The molecule has 0 heterocycles. The number of allylic oxidation sites excluding steroid dienone is 1. The summed E-state index contributed by atoms with van der Waals surface area (Å²) in [6.07, 6.45) is 4.72. The highest BCUT2D eigenvalue weighted by molar-refractivity contribution is 5.94. The van der Waals surface area contributed by atoms with Gasteiger partial charge in [0.1, 0.15) is 0 Å². The molecule has 2 nitrogen and oxygen atoms in total. The van der Waals surface area contributed by atoms with Crippen molar-refractivity contribution in [1.29, 1.82) is 0 Å². The monoisotopic (exact) mass is 187 g/mol. The van der Waals surface area contributed by atoms with Gasteiger partial charge in [-0.3, -0.25) is 4.79 Å². The molecule has 2 rings (SSSR count). The van der Waals surface area contributed by atoms with Gasteiger partial charge < -0.3 is 5.73 Å². The summed E-state index contributed by atoms with van der Waals surface area (Å²) in [5.74, 6) is -0.350. The smallest absolute Gasteiger partial charge is 0.241 e. The summed E-state index contributed by atoms with van der Waals surface area (Å²) < 4.78 is 0. The van der Waals surface area contributed by atoms with Crippen LogP contribution in [0.3, 0.4) is 0 Å². The number of aryl methyl sites for hydroxylation is 1. The van der Waals surface area contributed by atoms with Gasteiger partial charge in [0.25, 0.3) is 0 Å². The average molecular weight is 187 g/mol. The molecule has 1 aromatic carbocycles. The van der Waals surface area contributed by atoms with Crippen molar-refractivity contribution in [3.63, 3.8) is 0 Å². The zero-order valence-electron chi connectivity index (χ0n) is 7.99. The molecule has 0 aromatic heterocycles. The molecule has 0 saturated carbocycles. The minimum Gasteiger partial charge on any atom is -0.366 e. The first-order valence-electron chi connectivity index (χ1n) is 4.85. The molecule has 0 fully saturated rings. The van der Waals surface area contributed by atoms with E-state index in [1.54, 1.807) is 6.08 Å². The van der Waals surface area contributed by atoms with Crippen molar-refractivity contribution >= 4 is 11.5 Å². The molecular formula is C12H13NO. The highest BCUT2D eigenvalue weighted by Crippen LogP contribution is 2.29. The Balaban J connectivity index is 2.45. The van der Waals surface area contributed by atoms with Crippen LogP contribution in [-0.4, -0.2) is 5.91 Å². The van der Waals surface area contributed by atoms with E-state index in [0.29, 0.717) is 0 Å². The molecule has 1 aliphatic carbocycles. The zero-order chi connectivity index (χ0) is 9.97. The van der Waals surface area contributed by atoms with E-state index in [4.69, 9.17) is 5.73 Å².